The summed E-state index contributed by atoms with van der Waals surface area (Å²) >= 11 is 0. The van der Waals surface area contributed by atoms with E-state index in [1.165, 1.54) is 77.0 Å². The quantitative estimate of drug-likeness (QED) is 0.0783. The third kappa shape index (κ3) is 25.9. The molecule has 4 heteroatoms. The molecule has 0 unspecified atom stereocenters. The van der Waals surface area contributed by atoms with Gasteiger partial charge in [0.2, 0.25) is 0 Å². The van der Waals surface area contributed by atoms with Crippen molar-refractivity contribution >= 4 is 11.9 Å². The molecule has 0 saturated carbocycles. The van der Waals surface area contributed by atoms with Crippen molar-refractivity contribution in [3.8, 4) is 0 Å². The van der Waals surface area contributed by atoms with Gasteiger partial charge in [-0.1, -0.05) is 103 Å². The predicted octanol–water partition coefficient (Wildman–Crippen LogP) is 5.57. The molecule has 0 spiro atoms. The molecule has 0 radical (unpaired) electrons. The van der Waals surface area contributed by atoms with E-state index in [2.05, 4.69) is 26.0 Å². The first kappa shape index (κ1) is 32.1. The summed E-state index contributed by atoms with van der Waals surface area (Å²) in [5, 5.41) is 0. The first-order chi connectivity index (χ1) is 14.2. The third-order valence-corrected chi connectivity index (χ3v) is 5.35. The van der Waals surface area contributed by atoms with Crippen LogP contribution in [-0.4, -0.2) is 11.9 Å². The van der Waals surface area contributed by atoms with E-state index in [4.69, 9.17) is 4.74 Å². The zero-order valence-electron chi connectivity index (χ0n) is 21.5. The molecular weight excluding hydrogens is 383 g/mol. The summed E-state index contributed by atoms with van der Waals surface area (Å²) in [6.45, 7) is 4.43. The van der Waals surface area contributed by atoms with Crippen LogP contribution < -0.4 is 29.6 Å². The van der Waals surface area contributed by atoms with Crippen LogP contribution in [0.1, 0.15) is 144 Å². The van der Waals surface area contributed by atoms with Crippen LogP contribution in [0.25, 0.3) is 0 Å². The molecule has 0 aromatic heterocycles. The van der Waals surface area contributed by atoms with Crippen LogP contribution in [0, 0.1) is 0 Å². The second-order valence-corrected chi connectivity index (χ2v) is 8.34. The number of carbonyl (C=O) groups excluding carboxylic acids is 2. The van der Waals surface area contributed by atoms with Gasteiger partial charge in [-0.3, -0.25) is 9.59 Å². The van der Waals surface area contributed by atoms with Crippen molar-refractivity contribution in [3.05, 3.63) is 12.2 Å². The Kier molecular flexibility index (Phi) is 28.8. The van der Waals surface area contributed by atoms with Gasteiger partial charge in [-0.05, 0) is 38.5 Å². The minimum absolute atomic E-state index is 0. The maximum Gasteiger partial charge on any atom is 1.00 e. The maximum absolute atomic E-state index is 11.7. The molecule has 0 aromatic carbocycles. The Hall–Kier alpha value is -0.120. The molecule has 0 amide bonds. The van der Waals surface area contributed by atoms with Crippen LogP contribution in [0.3, 0.4) is 0 Å². The predicted molar refractivity (Wildman–Crippen MR) is 125 cm³/mol. The normalized spacial score (nSPS) is 10.9. The Morgan fingerprint density at radius 3 is 1.30 bits per heavy atom. The average molecular weight is 433 g/mol. The van der Waals surface area contributed by atoms with Gasteiger partial charge in [0, 0.05) is 12.8 Å². The smallest absolute Gasteiger partial charge is 1.00 e. The fraction of sp³-hybridized carbons (Fsp3) is 0.846. The molecule has 0 aliphatic rings. The number of carbonyl (C=O) groups is 2. The number of esters is 2. The second-order valence-electron chi connectivity index (χ2n) is 8.34. The summed E-state index contributed by atoms with van der Waals surface area (Å²) < 4.78 is 4.89. The number of hydrogen-bond acceptors (Lipinski definition) is 3. The van der Waals surface area contributed by atoms with E-state index < -0.39 is 0 Å². The molecule has 3 nitrogen and oxygen atoms in total. The van der Waals surface area contributed by atoms with Crippen molar-refractivity contribution in [1.82, 2.24) is 0 Å². The SMILES string of the molecule is CCCCCCCC/C=C\CCCCCCCC(=O)OC(=O)CCCCCCC.[H-].[Na+]. The van der Waals surface area contributed by atoms with E-state index >= 15 is 0 Å². The summed E-state index contributed by atoms with van der Waals surface area (Å²) in [5.41, 5.74) is 0. The number of unbranched alkanes of at least 4 members (excludes halogenated alkanes) is 15. The summed E-state index contributed by atoms with van der Waals surface area (Å²) in [4.78, 5) is 23.3. The second kappa shape index (κ2) is 26.9. The van der Waals surface area contributed by atoms with Crippen LogP contribution in [-0.2, 0) is 14.3 Å². The monoisotopic (exact) mass is 432 g/mol. The first-order valence-corrected chi connectivity index (χ1v) is 12.6. The fourth-order valence-corrected chi connectivity index (χ4v) is 3.44. The third-order valence-electron chi connectivity index (χ3n) is 5.35. The maximum atomic E-state index is 11.7. The van der Waals surface area contributed by atoms with Crippen molar-refractivity contribution in [2.75, 3.05) is 0 Å². The first-order valence-electron chi connectivity index (χ1n) is 12.6. The summed E-state index contributed by atoms with van der Waals surface area (Å²) in [6.07, 6.45) is 26.9. The summed E-state index contributed by atoms with van der Waals surface area (Å²) in [6, 6.07) is 0. The Labute approximate surface area is 211 Å². The zero-order valence-corrected chi connectivity index (χ0v) is 22.5. The van der Waals surface area contributed by atoms with Crippen LogP contribution in [0.2, 0.25) is 0 Å². The topological polar surface area (TPSA) is 43.4 Å². The van der Waals surface area contributed by atoms with Gasteiger partial charge in [0.15, 0.2) is 0 Å². The van der Waals surface area contributed by atoms with E-state index in [-0.39, 0.29) is 42.9 Å². The van der Waals surface area contributed by atoms with Gasteiger partial charge in [-0.15, -0.1) is 0 Å². The molecule has 0 saturated heterocycles. The molecule has 0 rings (SSSR count). The van der Waals surface area contributed by atoms with Gasteiger partial charge >= 0.3 is 41.5 Å². The van der Waals surface area contributed by atoms with E-state index in [0.717, 1.165) is 38.5 Å². The Morgan fingerprint density at radius 2 is 0.900 bits per heavy atom. The Balaban J connectivity index is -0.00000392. The minimum atomic E-state index is -0.348. The summed E-state index contributed by atoms with van der Waals surface area (Å²) in [5.74, 6) is -0.694. The summed E-state index contributed by atoms with van der Waals surface area (Å²) in [7, 11) is 0. The number of allylic oxidation sites excluding steroid dienone is 2. The van der Waals surface area contributed by atoms with Gasteiger partial charge in [-0.25, -0.2) is 0 Å². The van der Waals surface area contributed by atoms with E-state index in [9.17, 15) is 9.59 Å². The van der Waals surface area contributed by atoms with Crippen LogP contribution >= 0.6 is 0 Å². The molecule has 0 aliphatic heterocycles. The number of hydrogen-bond donors (Lipinski definition) is 0. The fourth-order valence-electron chi connectivity index (χ4n) is 3.44. The number of rotatable bonds is 21. The van der Waals surface area contributed by atoms with Crippen LogP contribution in [0.15, 0.2) is 12.2 Å². The Bertz CT molecular complexity index is 413. The molecular formula is C26H49NaO3. The van der Waals surface area contributed by atoms with Crippen molar-refractivity contribution in [2.45, 2.75) is 142 Å². The minimum Gasteiger partial charge on any atom is -1.00 e. The van der Waals surface area contributed by atoms with Crippen LogP contribution in [0.4, 0.5) is 0 Å². The standard InChI is InChI=1S/C26H48O3.Na.H/c1-3-5-7-9-10-11-12-13-14-15-16-17-18-20-22-24-26(28)29-25(27)23-21-19-8-6-4-2;;/h13-14H,3-12,15-24H2,1-2H3;;/q;+1;-1/b14-13-;;. The molecule has 0 aliphatic carbocycles. The molecule has 0 atom stereocenters. The van der Waals surface area contributed by atoms with E-state index in [1.807, 2.05) is 0 Å². The zero-order chi connectivity index (χ0) is 21.4. The van der Waals surface area contributed by atoms with Crippen molar-refractivity contribution < 1.29 is 45.3 Å². The molecule has 0 aromatic rings. The molecule has 0 fully saturated rings. The molecule has 0 heterocycles. The van der Waals surface area contributed by atoms with Gasteiger partial charge in [-0.2, -0.15) is 0 Å². The van der Waals surface area contributed by atoms with E-state index in [1.54, 1.807) is 0 Å². The average Bonchev–Trinajstić information content (AvgIpc) is 2.70. The van der Waals surface area contributed by atoms with Gasteiger partial charge in [0.1, 0.15) is 0 Å². The van der Waals surface area contributed by atoms with Gasteiger partial charge < -0.3 is 6.16 Å². The molecule has 0 N–H and O–H groups in total. The van der Waals surface area contributed by atoms with Gasteiger partial charge in [0.25, 0.3) is 0 Å². The molecule has 0 bridgehead atoms. The van der Waals surface area contributed by atoms with Crippen molar-refractivity contribution in [3.63, 3.8) is 0 Å². The number of ether oxygens (including phenoxy) is 1. The van der Waals surface area contributed by atoms with Crippen molar-refractivity contribution in [1.29, 1.82) is 0 Å². The largest absolute Gasteiger partial charge is 1.00 e. The Morgan fingerprint density at radius 1 is 0.567 bits per heavy atom. The van der Waals surface area contributed by atoms with Gasteiger partial charge in [0.05, 0.1) is 0 Å². The molecule has 30 heavy (non-hydrogen) atoms. The van der Waals surface area contributed by atoms with E-state index in [0.29, 0.717) is 12.8 Å². The van der Waals surface area contributed by atoms with Crippen molar-refractivity contribution in [2.24, 2.45) is 0 Å². The van der Waals surface area contributed by atoms with Crippen LogP contribution in [0.5, 0.6) is 0 Å². The molecule has 172 valence electrons.